The molecule has 7 heteroatoms. The van der Waals surface area contributed by atoms with E-state index in [0.29, 0.717) is 20.9 Å². The highest BCUT2D eigenvalue weighted by Gasteiger charge is 2.21. The first-order chi connectivity index (χ1) is 17.0. The predicted molar refractivity (Wildman–Crippen MR) is 144 cm³/mol. The minimum atomic E-state index is -0.349. The summed E-state index contributed by atoms with van der Waals surface area (Å²) in [6, 6.07) is 29.6. The summed E-state index contributed by atoms with van der Waals surface area (Å²) >= 11 is 4.64. The van der Waals surface area contributed by atoms with Gasteiger partial charge in [0.15, 0.2) is 0 Å². The van der Waals surface area contributed by atoms with E-state index in [0.717, 1.165) is 22.0 Å². The van der Waals surface area contributed by atoms with Crippen molar-refractivity contribution in [3.05, 3.63) is 130 Å². The summed E-state index contributed by atoms with van der Waals surface area (Å²) in [4.78, 5) is 18.1. The standard InChI is InChI=1S/C28H19BrFN3OS/c29-23-12-8-21(9-13-23)18-31-33(28-32-25-15-14-24(30)17-26(25)35-28)27(34)22-10-6-20(7-11-22)16-19-4-2-1-3-5-19/h1-15,17-18H,16H2/b31-18+. The highest BCUT2D eigenvalue weighted by Crippen LogP contribution is 2.30. The lowest BCUT2D eigenvalue weighted by molar-refractivity contribution is 0.0988. The van der Waals surface area contributed by atoms with E-state index in [1.54, 1.807) is 24.4 Å². The number of hydrazone groups is 1. The fourth-order valence-corrected chi connectivity index (χ4v) is 4.77. The first kappa shape index (κ1) is 23.1. The van der Waals surface area contributed by atoms with Gasteiger partial charge in [-0.05, 0) is 65.6 Å². The van der Waals surface area contributed by atoms with Gasteiger partial charge in [-0.2, -0.15) is 10.1 Å². The summed E-state index contributed by atoms with van der Waals surface area (Å²) in [5.41, 5.74) is 4.24. The van der Waals surface area contributed by atoms with Crippen molar-refractivity contribution in [3.63, 3.8) is 0 Å². The molecule has 1 aromatic heterocycles. The Morgan fingerprint density at radius 3 is 2.40 bits per heavy atom. The third kappa shape index (κ3) is 5.53. The number of fused-ring (bicyclic) bond motifs is 1. The molecule has 0 aliphatic rings. The number of anilines is 1. The molecule has 0 atom stereocenters. The lowest BCUT2D eigenvalue weighted by Crippen LogP contribution is -2.25. The van der Waals surface area contributed by atoms with Crippen LogP contribution in [0.15, 0.2) is 107 Å². The molecule has 5 rings (SSSR count). The molecule has 0 radical (unpaired) electrons. The van der Waals surface area contributed by atoms with Gasteiger partial charge in [0.1, 0.15) is 5.82 Å². The maximum absolute atomic E-state index is 13.7. The number of halogens is 2. The first-order valence-corrected chi connectivity index (χ1v) is 12.5. The average Bonchev–Trinajstić information content (AvgIpc) is 3.29. The Morgan fingerprint density at radius 1 is 0.943 bits per heavy atom. The SMILES string of the molecule is O=C(c1ccc(Cc2ccccc2)cc1)N(/N=C/c1ccc(Br)cc1)c1nc2ccc(F)cc2s1. The lowest BCUT2D eigenvalue weighted by Gasteiger charge is -2.14. The minimum absolute atomic E-state index is 0.316. The Kier molecular flexibility index (Phi) is 6.79. The Hall–Kier alpha value is -3.68. The second-order valence-electron chi connectivity index (χ2n) is 7.88. The zero-order valence-corrected chi connectivity index (χ0v) is 20.8. The van der Waals surface area contributed by atoms with E-state index in [4.69, 9.17) is 0 Å². The molecule has 5 aromatic rings. The Bertz CT molecular complexity index is 1500. The van der Waals surface area contributed by atoms with Gasteiger partial charge < -0.3 is 0 Å². The topological polar surface area (TPSA) is 45.6 Å². The van der Waals surface area contributed by atoms with Crippen molar-refractivity contribution < 1.29 is 9.18 Å². The molecular weight excluding hydrogens is 525 g/mol. The van der Waals surface area contributed by atoms with Gasteiger partial charge in [0, 0.05) is 10.0 Å². The van der Waals surface area contributed by atoms with E-state index < -0.39 is 0 Å². The molecule has 0 unspecified atom stereocenters. The van der Waals surface area contributed by atoms with Crippen molar-refractivity contribution >= 4 is 54.7 Å². The zero-order valence-electron chi connectivity index (χ0n) is 18.4. The van der Waals surface area contributed by atoms with E-state index in [-0.39, 0.29) is 11.7 Å². The fourth-order valence-electron chi connectivity index (χ4n) is 3.56. The molecule has 0 spiro atoms. The molecular formula is C28H19BrFN3OS. The van der Waals surface area contributed by atoms with Gasteiger partial charge in [-0.25, -0.2) is 9.37 Å². The fraction of sp³-hybridized carbons (Fsp3) is 0.0357. The number of rotatable bonds is 6. The third-order valence-electron chi connectivity index (χ3n) is 5.36. The van der Waals surface area contributed by atoms with Gasteiger partial charge in [0.05, 0.1) is 16.4 Å². The molecule has 0 N–H and O–H groups in total. The van der Waals surface area contributed by atoms with Gasteiger partial charge in [0.25, 0.3) is 5.91 Å². The number of thiazole rings is 1. The maximum atomic E-state index is 13.7. The third-order valence-corrected chi connectivity index (χ3v) is 6.88. The highest BCUT2D eigenvalue weighted by atomic mass is 79.9. The number of hydrogen-bond acceptors (Lipinski definition) is 4. The van der Waals surface area contributed by atoms with Gasteiger partial charge in [-0.3, -0.25) is 4.79 Å². The summed E-state index contributed by atoms with van der Waals surface area (Å²) in [5.74, 6) is -0.665. The second-order valence-corrected chi connectivity index (χ2v) is 9.81. The van der Waals surface area contributed by atoms with Crippen LogP contribution in [0.2, 0.25) is 0 Å². The lowest BCUT2D eigenvalue weighted by atomic mass is 10.0. The number of carbonyl (C=O) groups excluding carboxylic acids is 1. The van der Waals surface area contributed by atoms with Crippen molar-refractivity contribution in [1.29, 1.82) is 0 Å². The van der Waals surface area contributed by atoms with Crippen LogP contribution in [-0.4, -0.2) is 17.1 Å². The summed E-state index contributed by atoms with van der Waals surface area (Å²) in [6.45, 7) is 0. The molecule has 35 heavy (non-hydrogen) atoms. The van der Waals surface area contributed by atoms with Crippen LogP contribution in [0, 0.1) is 5.82 Å². The summed E-state index contributed by atoms with van der Waals surface area (Å²) in [7, 11) is 0. The predicted octanol–water partition coefficient (Wildman–Crippen LogP) is 7.47. The average molecular weight is 544 g/mol. The number of amides is 1. The second kappa shape index (κ2) is 10.3. The molecule has 0 aliphatic heterocycles. The molecule has 0 fully saturated rings. The molecule has 0 bridgehead atoms. The Balaban J connectivity index is 1.46. The number of carbonyl (C=O) groups is 1. The van der Waals surface area contributed by atoms with E-state index in [9.17, 15) is 9.18 Å². The highest BCUT2D eigenvalue weighted by molar-refractivity contribution is 9.10. The number of benzene rings is 4. The smallest absolute Gasteiger partial charge is 0.267 e. The minimum Gasteiger partial charge on any atom is -0.267 e. The molecule has 1 amide bonds. The van der Waals surface area contributed by atoms with Gasteiger partial charge in [-0.1, -0.05) is 81.9 Å². The number of nitrogens with zero attached hydrogens (tertiary/aromatic N) is 3. The number of hydrogen-bond donors (Lipinski definition) is 0. The van der Waals surface area contributed by atoms with Crippen LogP contribution in [0.25, 0.3) is 10.2 Å². The largest absolute Gasteiger partial charge is 0.280 e. The molecule has 0 aliphatic carbocycles. The first-order valence-electron chi connectivity index (χ1n) is 10.9. The van der Waals surface area contributed by atoms with E-state index in [1.165, 1.54) is 34.0 Å². The summed E-state index contributed by atoms with van der Waals surface area (Å²) < 4.78 is 15.3. The normalized spacial score (nSPS) is 11.3. The summed E-state index contributed by atoms with van der Waals surface area (Å²) in [6.07, 6.45) is 2.39. The van der Waals surface area contributed by atoms with Crippen molar-refractivity contribution in [2.75, 3.05) is 5.01 Å². The van der Waals surface area contributed by atoms with Crippen molar-refractivity contribution in [1.82, 2.24) is 4.98 Å². The molecule has 0 saturated heterocycles. The van der Waals surface area contributed by atoms with Gasteiger partial charge in [0.2, 0.25) is 5.13 Å². The van der Waals surface area contributed by atoms with E-state index in [1.807, 2.05) is 54.6 Å². The van der Waals surface area contributed by atoms with Gasteiger partial charge in [-0.15, -0.1) is 0 Å². The molecule has 0 saturated carbocycles. The molecule has 1 heterocycles. The van der Waals surface area contributed by atoms with Crippen LogP contribution in [0.4, 0.5) is 9.52 Å². The van der Waals surface area contributed by atoms with Crippen LogP contribution in [0.1, 0.15) is 27.0 Å². The van der Waals surface area contributed by atoms with Crippen LogP contribution in [0.5, 0.6) is 0 Å². The monoisotopic (exact) mass is 543 g/mol. The van der Waals surface area contributed by atoms with Crippen LogP contribution >= 0.6 is 27.3 Å². The van der Waals surface area contributed by atoms with Crippen molar-refractivity contribution in [2.24, 2.45) is 5.10 Å². The van der Waals surface area contributed by atoms with E-state index in [2.05, 4.69) is 38.1 Å². The molecule has 4 nitrogen and oxygen atoms in total. The quantitative estimate of drug-likeness (QED) is 0.165. The Labute approximate surface area is 214 Å². The molecule has 172 valence electrons. The zero-order chi connectivity index (χ0) is 24.2. The Morgan fingerprint density at radius 2 is 1.66 bits per heavy atom. The number of aromatic nitrogens is 1. The van der Waals surface area contributed by atoms with Crippen LogP contribution < -0.4 is 5.01 Å². The maximum Gasteiger partial charge on any atom is 0.280 e. The van der Waals surface area contributed by atoms with E-state index >= 15 is 0 Å². The summed E-state index contributed by atoms with van der Waals surface area (Å²) in [5, 5.41) is 6.12. The van der Waals surface area contributed by atoms with Gasteiger partial charge >= 0.3 is 0 Å². The van der Waals surface area contributed by atoms with Crippen molar-refractivity contribution in [2.45, 2.75) is 6.42 Å². The molecule has 4 aromatic carbocycles. The van der Waals surface area contributed by atoms with Crippen LogP contribution in [0.3, 0.4) is 0 Å². The van der Waals surface area contributed by atoms with Crippen LogP contribution in [-0.2, 0) is 6.42 Å². The van der Waals surface area contributed by atoms with Crippen molar-refractivity contribution in [3.8, 4) is 0 Å².